The summed E-state index contributed by atoms with van der Waals surface area (Å²) in [6.45, 7) is 2.66. The van der Waals surface area contributed by atoms with E-state index in [1.54, 1.807) is 10.9 Å². The summed E-state index contributed by atoms with van der Waals surface area (Å²) in [4.78, 5) is 18.0. The second-order valence-electron chi connectivity index (χ2n) is 7.33. The van der Waals surface area contributed by atoms with E-state index in [1.807, 2.05) is 43.3 Å². The van der Waals surface area contributed by atoms with Gasteiger partial charge in [-0.05, 0) is 25.8 Å². The van der Waals surface area contributed by atoms with Crippen LogP contribution in [0.15, 0.2) is 42.6 Å². The van der Waals surface area contributed by atoms with Crippen molar-refractivity contribution in [1.29, 1.82) is 5.26 Å². The Morgan fingerprint density at radius 2 is 2.00 bits per heavy atom. The smallest absolute Gasteiger partial charge is 0.253 e. The van der Waals surface area contributed by atoms with E-state index >= 15 is 0 Å². The molecule has 1 aliphatic rings. The van der Waals surface area contributed by atoms with E-state index in [0.717, 1.165) is 30.5 Å². The van der Waals surface area contributed by atoms with Crippen LogP contribution in [0.5, 0.6) is 0 Å². The van der Waals surface area contributed by atoms with Crippen LogP contribution >= 0.6 is 0 Å². The lowest BCUT2D eigenvalue weighted by atomic mass is 9.82. The number of carbonyl (C=O) groups is 1. The fourth-order valence-electron chi connectivity index (χ4n) is 3.93. The normalized spacial score (nSPS) is 15.9. The first kappa shape index (κ1) is 18.2. The summed E-state index contributed by atoms with van der Waals surface area (Å²) < 4.78 is 1.79. The molecule has 1 N–H and O–H groups in total. The highest BCUT2D eigenvalue weighted by molar-refractivity contribution is 6.06. The molecular formula is C22H23N5O. The second kappa shape index (κ2) is 7.43. The van der Waals surface area contributed by atoms with E-state index in [4.69, 9.17) is 4.98 Å². The van der Waals surface area contributed by atoms with Crippen LogP contribution in [0.2, 0.25) is 0 Å². The number of fused-ring (bicyclic) bond motifs is 1. The van der Waals surface area contributed by atoms with Gasteiger partial charge in [0.05, 0.1) is 28.9 Å². The van der Waals surface area contributed by atoms with Crippen molar-refractivity contribution in [3.8, 4) is 17.3 Å². The predicted octanol–water partition coefficient (Wildman–Crippen LogP) is 4.07. The molecule has 6 nitrogen and oxygen atoms in total. The van der Waals surface area contributed by atoms with Gasteiger partial charge in [0.25, 0.3) is 5.91 Å². The van der Waals surface area contributed by atoms with Crippen molar-refractivity contribution in [2.45, 2.75) is 51.1 Å². The van der Waals surface area contributed by atoms with E-state index in [-0.39, 0.29) is 5.91 Å². The lowest BCUT2D eigenvalue weighted by Crippen LogP contribution is -2.48. The lowest BCUT2D eigenvalue weighted by Gasteiger charge is -2.31. The molecule has 1 amide bonds. The average Bonchev–Trinajstić information content (AvgIpc) is 3.17. The molecule has 1 saturated carbocycles. The number of aromatic nitrogens is 3. The standard InChI is InChI=1S/C22H23N5O/c1-2-27-20-18(14-24-27)17(13-19(25-20)16-9-5-3-6-10-16)21(28)26-22(15-23)11-7-4-8-12-22/h3,5-6,9-10,13-14H,2,4,7-8,11-12H2,1H3,(H,26,28). The topological polar surface area (TPSA) is 83.6 Å². The van der Waals surface area contributed by atoms with Crippen LogP contribution in [0.1, 0.15) is 49.4 Å². The Bertz CT molecular complexity index is 1040. The van der Waals surface area contributed by atoms with E-state index < -0.39 is 5.54 Å². The van der Waals surface area contributed by atoms with Gasteiger partial charge in [-0.3, -0.25) is 4.79 Å². The van der Waals surface area contributed by atoms with Crippen LogP contribution in [0.4, 0.5) is 0 Å². The molecule has 6 heteroatoms. The molecule has 3 aromatic rings. The van der Waals surface area contributed by atoms with Gasteiger partial charge in [-0.1, -0.05) is 49.6 Å². The van der Waals surface area contributed by atoms with Gasteiger partial charge in [-0.15, -0.1) is 0 Å². The number of hydrogen-bond acceptors (Lipinski definition) is 4. The van der Waals surface area contributed by atoms with Gasteiger partial charge < -0.3 is 5.32 Å². The predicted molar refractivity (Wildman–Crippen MR) is 108 cm³/mol. The summed E-state index contributed by atoms with van der Waals surface area (Å²) >= 11 is 0. The van der Waals surface area contributed by atoms with Gasteiger partial charge in [0.2, 0.25) is 0 Å². The Kier molecular flexibility index (Phi) is 4.82. The van der Waals surface area contributed by atoms with E-state index in [2.05, 4.69) is 16.5 Å². The Morgan fingerprint density at radius 3 is 2.68 bits per heavy atom. The molecular weight excluding hydrogens is 350 g/mol. The fraction of sp³-hybridized carbons (Fsp3) is 0.364. The third-order valence-electron chi connectivity index (χ3n) is 5.50. The van der Waals surface area contributed by atoms with Gasteiger partial charge in [0.1, 0.15) is 5.54 Å². The third-order valence-corrected chi connectivity index (χ3v) is 5.50. The largest absolute Gasteiger partial charge is 0.334 e. The summed E-state index contributed by atoms with van der Waals surface area (Å²) in [5.74, 6) is -0.233. The van der Waals surface area contributed by atoms with Crippen molar-refractivity contribution in [1.82, 2.24) is 20.1 Å². The van der Waals surface area contributed by atoms with Gasteiger partial charge >= 0.3 is 0 Å². The molecule has 0 radical (unpaired) electrons. The van der Waals surface area contributed by atoms with E-state index in [9.17, 15) is 10.1 Å². The summed E-state index contributed by atoms with van der Waals surface area (Å²) in [6.07, 6.45) is 6.12. The number of nitrogens with one attached hydrogen (secondary N) is 1. The van der Waals surface area contributed by atoms with Crippen LogP contribution in [0.3, 0.4) is 0 Å². The number of aryl methyl sites for hydroxylation is 1. The molecule has 0 aliphatic heterocycles. The first-order valence-electron chi connectivity index (χ1n) is 9.81. The monoisotopic (exact) mass is 373 g/mol. The highest BCUT2D eigenvalue weighted by Gasteiger charge is 2.34. The molecule has 142 valence electrons. The van der Waals surface area contributed by atoms with Crippen molar-refractivity contribution >= 4 is 16.9 Å². The van der Waals surface area contributed by atoms with Crippen molar-refractivity contribution in [3.05, 3.63) is 48.2 Å². The molecule has 0 spiro atoms. The number of nitrogens with zero attached hydrogens (tertiary/aromatic N) is 4. The number of amides is 1. The summed E-state index contributed by atoms with van der Waals surface area (Å²) in [5, 5.41) is 17.9. The van der Waals surface area contributed by atoms with Crippen LogP contribution in [0, 0.1) is 11.3 Å². The molecule has 28 heavy (non-hydrogen) atoms. The molecule has 0 atom stereocenters. The molecule has 1 aliphatic carbocycles. The molecule has 2 aromatic heterocycles. The van der Waals surface area contributed by atoms with Gasteiger partial charge in [0, 0.05) is 12.1 Å². The first-order chi connectivity index (χ1) is 13.7. The number of carbonyl (C=O) groups excluding carboxylic acids is 1. The maximum atomic E-state index is 13.2. The van der Waals surface area contributed by atoms with Crippen molar-refractivity contribution in [2.24, 2.45) is 0 Å². The molecule has 0 bridgehead atoms. The Labute approximate surface area is 164 Å². The third kappa shape index (κ3) is 3.24. The zero-order valence-electron chi connectivity index (χ0n) is 16.0. The molecule has 1 fully saturated rings. The summed E-state index contributed by atoms with van der Waals surface area (Å²) in [5.41, 5.74) is 2.09. The molecule has 2 heterocycles. The first-order valence-corrected chi connectivity index (χ1v) is 9.81. The summed E-state index contributed by atoms with van der Waals surface area (Å²) in [6, 6.07) is 14.0. The molecule has 0 unspecified atom stereocenters. The van der Waals surface area contributed by atoms with E-state index in [0.29, 0.717) is 36.0 Å². The number of benzene rings is 1. The Balaban J connectivity index is 1.80. The Morgan fingerprint density at radius 1 is 1.25 bits per heavy atom. The number of nitriles is 1. The highest BCUT2D eigenvalue weighted by Crippen LogP contribution is 2.30. The molecule has 4 rings (SSSR count). The average molecular weight is 373 g/mol. The van der Waals surface area contributed by atoms with Crippen molar-refractivity contribution in [2.75, 3.05) is 0 Å². The zero-order chi connectivity index (χ0) is 19.6. The van der Waals surface area contributed by atoms with Crippen LogP contribution in [0.25, 0.3) is 22.3 Å². The SMILES string of the molecule is CCn1ncc2c(C(=O)NC3(C#N)CCCCC3)cc(-c3ccccc3)nc21. The zero-order valence-corrected chi connectivity index (χ0v) is 16.0. The minimum Gasteiger partial charge on any atom is -0.334 e. The van der Waals surface area contributed by atoms with Crippen LogP contribution < -0.4 is 5.32 Å². The number of rotatable bonds is 4. The van der Waals surface area contributed by atoms with Crippen LogP contribution in [-0.2, 0) is 6.54 Å². The van der Waals surface area contributed by atoms with Gasteiger partial charge in [-0.2, -0.15) is 10.4 Å². The van der Waals surface area contributed by atoms with Gasteiger partial charge in [-0.25, -0.2) is 9.67 Å². The maximum Gasteiger partial charge on any atom is 0.253 e. The highest BCUT2D eigenvalue weighted by atomic mass is 16.1. The second-order valence-corrected chi connectivity index (χ2v) is 7.33. The number of pyridine rings is 1. The van der Waals surface area contributed by atoms with Crippen LogP contribution in [-0.4, -0.2) is 26.2 Å². The minimum atomic E-state index is -0.779. The molecule has 0 saturated heterocycles. The molecule has 1 aromatic carbocycles. The Hall–Kier alpha value is -3.20. The van der Waals surface area contributed by atoms with E-state index in [1.165, 1.54) is 0 Å². The van der Waals surface area contributed by atoms with Crippen molar-refractivity contribution in [3.63, 3.8) is 0 Å². The minimum absolute atomic E-state index is 0.233. The number of hydrogen-bond donors (Lipinski definition) is 1. The van der Waals surface area contributed by atoms with Gasteiger partial charge in [0.15, 0.2) is 5.65 Å². The quantitative estimate of drug-likeness (QED) is 0.747. The lowest BCUT2D eigenvalue weighted by molar-refractivity contribution is 0.0904. The fourth-order valence-corrected chi connectivity index (χ4v) is 3.93. The van der Waals surface area contributed by atoms with Crippen molar-refractivity contribution < 1.29 is 4.79 Å². The maximum absolute atomic E-state index is 13.2. The summed E-state index contributed by atoms with van der Waals surface area (Å²) in [7, 11) is 0.